The molecule has 12 heavy (non-hydrogen) atoms. The summed E-state index contributed by atoms with van der Waals surface area (Å²) in [5.74, 6) is 0. The standard InChI is InChI=1S/C9H11BrFN/c1-6-2-3-7(4-8(6)10)9(12)5-11/h2-4,9H,5,12H2,1H3/t9-/m0/s1. The smallest absolute Gasteiger partial charge is 0.109 e. The molecule has 2 N–H and O–H groups in total. The van der Waals surface area contributed by atoms with E-state index >= 15 is 0 Å². The summed E-state index contributed by atoms with van der Waals surface area (Å²) in [5, 5.41) is 0. The van der Waals surface area contributed by atoms with Gasteiger partial charge in [0.25, 0.3) is 0 Å². The maximum atomic E-state index is 12.2. The van der Waals surface area contributed by atoms with Crippen molar-refractivity contribution in [2.75, 3.05) is 6.67 Å². The van der Waals surface area contributed by atoms with E-state index < -0.39 is 12.7 Å². The van der Waals surface area contributed by atoms with Crippen LogP contribution in [0.2, 0.25) is 0 Å². The van der Waals surface area contributed by atoms with Crippen molar-refractivity contribution in [3.63, 3.8) is 0 Å². The van der Waals surface area contributed by atoms with Crippen LogP contribution in [0.25, 0.3) is 0 Å². The average Bonchev–Trinajstić information content (AvgIpc) is 2.08. The van der Waals surface area contributed by atoms with Crippen molar-refractivity contribution in [2.45, 2.75) is 13.0 Å². The van der Waals surface area contributed by atoms with E-state index in [1.165, 1.54) is 0 Å². The Morgan fingerprint density at radius 2 is 2.25 bits per heavy atom. The molecular formula is C9H11BrFN. The van der Waals surface area contributed by atoms with Gasteiger partial charge in [-0.25, -0.2) is 4.39 Å². The number of halogens is 2. The van der Waals surface area contributed by atoms with Gasteiger partial charge < -0.3 is 5.73 Å². The maximum absolute atomic E-state index is 12.2. The Morgan fingerprint density at radius 1 is 1.58 bits per heavy atom. The molecule has 1 rings (SSSR count). The molecule has 0 aromatic heterocycles. The number of nitrogens with two attached hydrogens (primary N) is 1. The van der Waals surface area contributed by atoms with Gasteiger partial charge in [0.05, 0.1) is 6.04 Å². The summed E-state index contributed by atoms with van der Waals surface area (Å²) in [6.07, 6.45) is 0. The van der Waals surface area contributed by atoms with Crippen LogP contribution in [-0.2, 0) is 0 Å². The molecule has 0 amide bonds. The molecule has 0 aliphatic rings. The first-order valence-electron chi connectivity index (χ1n) is 3.72. The molecule has 1 nitrogen and oxygen atoms in total. The lowest BCUT2D eigenvalue weighted by atomic mass is 10.1. The summed E-state index contributed by atoms with van der Waals surface area (Å²) in [7, 11) is 0. The van der Waals surface area contributed by atoms with Gasteiger partial charge in [-0.2, -0.15) is 0 Å². The van der Waals surface area contributed by atoms with Gasteiger partial charge in [0.15, 0.2) is 0 Å². The van der Waals surface area contributed by atoms with Crippen molar-refractivity contribution >= 4 is 15.9 Å². The molecule has 0 heterocycles. The van der Waals surface area contributed by atoms with Crippen LogP contribution in [0.15, 0.2) is 22.7 Å². The quantitative estimate of drug-likeness (QED) is 0.833. The first-order chi connectivity index (χ1) is 5.65. The third-order valence-electron chi connectivity index (χ3n) is 1.79. The Kier molecular flexibility index (Phi) is 3.23. The SMILES string of the molecule is Cc1ccc([C@@H](N)CF)cc1Br. The minimum atomic E-state index is -0.518. The molecule has 66 valence electrons. The molecule has 0 spiro atoms. The highest BCUT2D eigenvalue weighted by atomic mass is 79.9. The van der Waals surface area contributed by atoms with Gasteiger partial charge in [0.2, 0.25) is 0 Å². The Balaban J connectivity index is 2.96. The Bertz CT molecular complexity index is 275. The van der Waals surface area contributed by atoms with Gasteiger partial charge in [-0.1, -0.05) is 28.1 Å². The van der Waals surface area contributed by atoms with Crippen molar-refractivity contribution < 1.29 is 4.39 Å². The van der Waals surface area contributed by atoms with Gasteiger partial charge in [-0.05, 0) is 24.1 Å². The van der Waals surface area contributed by atoms with Crippen LogP contribution in [-0.4, -0.2) is 6.67 Å². The summed E-state index contributed by atoms with van der Waals surface area (Å²) in [5.41, 5.74) is 7.48. The summed E-state index contributed by atoms with van der Waals surface area (Å²) in [4.78, 5) is 0. The normalized spacial score (nSPS) is 13.0. The lowest BCUT2D eigenvalue weighted by molar-refractivity contribution is 0.437. The molecule has 0 saturated heterocycles. The number of hydrogen-bond donors (Lipinski definition) is 1. The molecule has 0 fully saturated rings. The van der Waals surface area contributed by atoms with Crippen LogP contribution in [0.4, 0.5) is 4.39 Å². The minimum absolute atomic E-state index is 0.498. The van der Waals surface area contributed by atoms with E-state index in [2.05, 4.69) is 15.9 Å². The molecule has 3 heteroatoms. The van der Waals surface area contributed by atoms with Gasteiger partial charge in [0.1, 0.15) is 6.67 Å². The highest BCUT2D eigenvalue weighted by Gasteiger charge is 2.05. The lowest BCUT2D eigenvalue weighted by Gasteiger charge is -2.08. The van der Waals surface area contributed by atoms with E-state index in [0.29, 0.717) is 0 Å². The second kappa shape index (κ2) is 4.01. The van der Waals surface area contributed by atoms with Crippen LogP contribution < -0.4 is 5.73 Å². The average molecular weight is 232 g/mol. The number of hydrogen-bond acceptors (Lipinski definition) is 1. The van der Waals surface area contributed by atoms with E-state index in [-0.39, 0.29) is 0 Å². The fourth-order valence-corrected chi connectivity index (χ4v) is 1.33. The zero-order valence-electron chi connectivity index (χ0n) is 6.85. The molecule has 0 bridgehead atoms. The van der Waals surface area contributed by atoms with Crippen LogP contribution in [0, 0.1) is 6.92 Å². The van der Waals surface area contributed by atoms with Crippen molar-refractivity contribution in [3.05, 3.63) is 33.8 Å². The zero-order valence-corrected chi connectivity index (χ0v) is 8.44. The fraction of sp³-hybridized carbons (Fsp3) is 0.333. The fourth-order valence-electron chi connectivity index (χ4n) is 0.929. The predicted octanol–water partition coefficient (Wildman–Crippen LogP) is 2.73. The second-order valence-electron chi connectivity index (χ2n) is 2.77. The summed E-state index contributed by atoms with van der Waals surface area (Å²) in [6.45, 7) is 1.46. The Hall–Kier alpha value is -0.410. The number of benzene rings is 1. The minimum Gasteiger partial charge on any atom is -0.322 e. The second-order valence-corrected chi connectivity index (χ2v) is 3.62. The monoisotopic (exact) mass is 231 g/mol. The molecule has 0 aliphatic carbocycles. The third-order valence-corrected chi connectivity index (χ3v) is 2.64. The molecular weight excluding hydrogens is 221 g/mol. The molecule has 1 aromatic carbocycles. The first kappa shape index (κ1) is 9.68. The number of aryl methyl sites for hydroxylation is 1. The molecule has 0 aliphatic heterocycles. The van der Waals surface area contributed by atoms with Crippen molar-refractivity contribution in [1.82, 2.24) is 0 Å². The van der Waals surface area contributed by atoms with Crippen molar-refractivity contribution in [2.24, 2.45) is 5.73 Å². The molecule has 1 aromatic rings. The lowest BCUT2D eigenvalue weighted by Crippen LogP contribution is -2.11. The summed E-state index contributed by atoms with van der Waals surface area (Å²) in [6, 6.07) is 5.14. The Morgan fingerprint density at radius 3 is 2.75 bits per heavy atom. The largest absolute Gasteiger partial charge is 0.322 e. The Labute approximate surface area is 79.9 Å². The first-order valence-corrected chi connectivity index (χ1v) is 4.52. The van der Waals surface area contributed by atoms with Gasteiger partial charge in [-0.15, -0.1) is 0 Å². The van der Waals surface area contributed by atoms with E-state index in [9.17, 15) is 4.39 Å². The van der Waals surface area contributed by atoms with E-state index in [1.54, 1.807) is 0 Å². The van der Waals surface area contributed by atoms with Gasteiger partial charge in [0, 0.05) is 4.47 Å². The van der Waals surface area contributed by atoms with Crippen LogP contribution in [0.3, 0.4) is 0 Å². The highest BCUT2D eigenvalue weighted by molar-refractivity contribution is 9.10. The molecule has 0 radical (unpaired) electrons. The van der Waals surface area contributed by atoms with Gasteiger partial charge in [-0.3, -0.25) is 0 Å². The zero-order chi connectivity index (χ0) is 9.14. The highest BCUT2D eigenvalue weighted by Crippen LogP contribution is 2.20. The van der Waals surface area contributed by atoms with Crippen molar-refractivity contribution in [3.8, 4) is 0 Å². The van der Waals surface area contributed by atoms with Crippen LogP contribution in [0.1, 0.15) is 17.2 Å². The summed E-state index contributed by atoms with van der Waals surface area (Å²) < 4.78 is 13.1. The topological polar surface area (TPSA) is 26.0 Å². The van der Waals surface area contributed by atoms with E-state index in [1.807, 2.05) is 25.1 Å². The summed E-state index contributed by atoms with van der Waals surface area (Å²) >= 11 is 3.37. The number of rotatable bonds is 2. The van der Waals surface area contributed by atoms with Crippen LogP contribution in [0.5, 0.6) is 0 Å². The maximum Gasteiger partial charge on any atom is 0.109 e. The number of alkyl halides is 1. The van der Waals surface area contributed by atoms with Crippen molar-refractivity contribution in [1.29, 1.82) is 0 Å². The molecule has 1 atom stereocenters. The van der Waals surface area contributed by atoms with Gasteiger partial charge >= 0.3 is 0 Å². The molecule has 0 unspecified atom stereocenters. The van der Waals surface area contributed by atoms with Crippen LogP contribution >= 0.6 is 15.9 Å². The van der Waals surface area contributed by atoms with E-state index in [4.69, 9.17) is 5.73 Å². The van der Waals surface area contributed by atoms with E-state index in [0.717, 1.165) is 15.6 Å². The third kappa shape index (κ3) is 2.05. The molecule has 0 saturated carbocycles. The predicted molar refractivity (Wildman–Crippen MR) is 51.8 cm³/mol.